The minimum absolute atomic E-state index is 0.540. The molecule has 0 spiro atoms. The Morgan fingerprint density at radius 2 is 1.73 bits per heavy atom. The number of para-hydroxylation sites is 3. The van der Waals surface area contributed by atoms with Crippen LogP contribution in [0.25, 0.3) is 21.3 Å². The SMILES string of the molecule is c1ccc2sc(CN3CCC(n4c([C@@H]5CCNC5)nc5ccccc54)CC3)nc2c1. The molecule has 2 fully saturated rings. The van der Waals surface area contributed by atoms with Crippen molar-refractivity contribution >= 4 is 32.6 Å². The van der Waals surface area contributed by atoms with Gasteiger partial charge in [0.25, 0.3) is 0 Å². The summed E-state index contributed by atoms with van der Waals surface area (Å²) in [4.78, 5) is 12.5. The molecule has 0 bridgehead atoms. The minimum Gasteiger partial charge on any atom is -0.324 e. The van der Waals surface area contributed by atoms with Crippen molar-refractivity contribution in [2.45, 2.75) is 37.8 Å². The van der Waals surface area contributed by atoms with Crippen LogP contribution in [-0.4, -0.2) is 45.6 Å². The van der Waals surface area contributed by atoms with Crippen molar-refractivity contribution in [2.24, 2.45) is 0 Å². The molecule has 2 aliphatic heterocycles. The van der Waals surface area contributed by atoms with E-state index >= 15 is 0 Å². The van der Waals surface area contributed by atoms with E-state index in [4.69, 9.17) is 9.97 Å². The molecule has 1 atom stereocenters. The molecule has 154 valence electrons. The summed E-state index contributed by atoms with van der Waals surface area (Å²) in [6.07, 6.45) is 3.55. The molecule has 2 aromatic carbocycles. The van der Waals surface area contributed by atoms with Gasteiger partial charge in [-0.25, -0.2) is 9.97 Å². The Hall–Kier alpha value is -2.28. The van der Waals surface area contributed by atoms with Gasteiger partial charge in [-0.15, -0.1) is 11.3 Å². The van der Waals surface area contributed by atoms with E-state index in [2.05, 4.69) is 63.3 Å². The normalized spacial score (nSPS) is 21.1. The predicted molar refractivity (Wildman–Crippen MR) is 123 cm³/mol. The highest BCUT2D eigenvalue weighted by molar-refractivity contribution is 7.18. The Morgan fingerprint density at radius 3 is 2.53 bits per heavy atom. The zero-order valence-corrected chi connectivity index (χ0v) is 17.9. The quantitative estimate of drug-likeness (QED) is 0.529. The monoisotopic (exact) mass is 417 g/mol. The molecule has 6 rings (SSSR count). The highest BCUT2D eigenvalue weighted by Gasteiger charge is 2.29. The highest BCUT2D eigenvalue weighted by Crippen LogP contribution is 2.34. The molecule has 0 radical (unpaired) electrons. The number of thiazole rings is 1. The first kappa shape index (κ1) is 18.5. The topological polar surface area (TPSA) is 46.0 Å². The second-order valence-electron chi connectivity index (χ2n) is 8.60. The average molecular weight is 418 g/mol. The zero-order chi connectivity index (χ0) is 19.9. The van der Waals surface area contributed by atoms with Crippen molar-refractivity contribution < 1.29 is 0 Å². The maximum Gasteiger partial charge on any atom is 0.114 e. The van der Waals surface area contributed by atoms with Crippen molar-refractivity contribution in [3.8, 4) is 0 Å². The second kappa shape index (κ2) is 7.76. The van der Waals surface area contributed by atoms with Crippen LogP contribution in [0, 0.1) is 0 Å². The summed E-state index contributed by atoms with van der Waals surface area (Å²) < 4.78 is 3.88. The number of nitrogens with one attached hydrogen (secondary N) is 1. The third-order valence-corrected chi connectivity index (χ3v) is 7.69. The number of likely N-dealkylation sites (tertiary alicyclic amines) is 1. The van der Waals surface area contributed by atoms with Gasteiger partial charge in [0.1, 0.15) is 10.8 Å². The van der Waals surface area contributed by atoms with Crippen LogP contribution in [0.4, 0.5) is 0 Å². The van der Waals surface area contributed by atoms with Crippen molar-refractivity contribution in [2.75, 3.05) is 26.2 Å². The van der Waals surface area contributed by atoms with Gasteiger partial charge in [-0.1, -0.05) is 24.3 Å². The summed E-state index contributed by atoms with van der Waals surface area (Å²) in [5.41, 5.74) is 3.59. The zero-order valence-electron chi connectivity index (χ0n) is 17.1. The maximum atomic E-state index is 5.08. The van der Waals surface area contributed by atoms with Gasteiger partial charge in [-0.05, 0) is 50.1 Å². The lowest BCUT2D eigenvalue weighted by molar-refractivity contribution is 0.179. The molecular formula is C24H27N5S. The summed E-state index contributed by atoms with van der Waals surface area (Å²) in [5.74, 6) is 1.84. The first-order valence-corrected chi connectivity index (χ1v) is 11.9. The lowest BCUT2D eigenvalue weighted by Gasteiger charge is -2.33. The summed E-state index contributed by atoms with van der Waals surface area (Å²) in [7, 11) is 0. The Balaban J connectivity index is 1.21. The smallest absolute Gasteiger partial charge is 0.114 e. The Bertz CT molecular complexity index is 1130. The van der Waals surface area contributed by atoms with Gasteiger partial charge in [0.15, 0.2) is 0 Å². The molecule has 1 N–H and O–H groups in total. The van der Waals surface area contributed by atoms with Crippen molar-refractivity contribution in [1.82, 2.24) is 24.8 Å². The van der Waals surface area contributed by atoms with Crippen LogP contribution in [0.5, 0.6) is 0 Å². The van der Waals surface area contributed by atoms with E-state index in [-0.39, 0.29) is 0 Å². The van der Waals surface area contributed by atoms with Crippen LogP contribution < -0.4 is 5.32 Å². The average Bonchev–Trinajstić information content (AvgIpc) is 3.51. The Labute approximate surface area is 180 Å². The van der Waals surface area contributed by atoms with E-state index in [1.54, 1.807) is 0 Å². The van der Waals surface area contributed by atoms with Gasteiger partial charge in [-0.2, -0.15) is 0 Å². The van der Waals surface area contributed by atoms with Crippen molar-refractivity contribution in [3.05, 3.63) is 59.4 Å². The Morgan fingerprint density at radius 1 is 0.933 bits per heavy atom. The lowest BCUT2D eigenvalue weighted by atomic mass is 10.0. The van der Waals surface area contributed by atoms with E-state index in [0.717, 1.165) is 43.8 Å². The summed E-state index contributed by atoms with van der Waals surface area (Å²) in [6, 6.07) is 17.7. The fourth-order valence-electron chi connectivity index (χ4n) is 5.12. The molecule has 0 amide bonds. The fourth-order valence-corrected chi connectivity index (χ4v) is 6.13. The van der Waals surface area contributed by atoms with E-state index < -0.39 is 0 Å². The highest BCUT2D eigenvalue weighted by atomic mass is 32.1. The molecule has 4 heterocycles. The molecule has 0 saturated carbocycles. The number of nitrogens with zero attached hydrogens (tertiary/aromatic N) is 4. The number of benzene rings is 2. The number of fused-ring (bicyclic) bond motifs is 2. The number of hydrogen-bond donors (Lipinski definition) is 1. The molecule has 0 aliphatic carbocycles. The molecular weight excluding hydrogens is 390 g/mol. The summed E-state index contributed by atoms with van der Waals surface area (Å²) >= 11 is 1.84. The van der Waals surface area contributed by atoms with Crippen molar-refractivity contribution in [3.63, 3.8) is 0 Å². The summed E-state index contributed by atoms with van der Waals surface area (Å²) in [6.45, 7) is 5.37. The van der Waals surface area contributed by atoms with E-state index in [1.807, 2.05) is 11.3 Å². The van der Waals surface area contributed by atoms with E-state index in [0.29, 0.717) is 12.0 Å². The minimum atomic E-state index is 0.540. The van der Waals surface area contributed by atoms with Gasteiger partial charge in [-0.3, -0.25) is 4.90 Å². The number of aromatic nitrogens is 3. The van der Waals surface area contributed by atoms with Crippen LogP contribution in [-0.2, 0) is 6.54 Å². The van der Waals surface area contributed by atoms with Gasteiger partial charge < -0.3 is 9.88 Å². The second-order valence-corrected chi connectivity index (χ2v) is 9.72. The molecule has 6 heteroatoms. The van der Waals surface area contributed by atoms with Crippen LogP contribution in [0.2, 0.25) is 0 Å². The van der Waals surface area contributed by atoms with Crippen molar-refractivity contribution in [1.29, 1.82) is 0 Å². The predicted octanol–water partition coefficient (Wildman–Crippen LogP) is 4.56. The van der Waals surface area contributed by atoms with Gasteiger partial charge in [0.2, 0.25) is 0 Å². The maximum absolute atomic E-state index is 5.08. The number of piperidine rings is 1. The van der Waals surface area contributed by atoms with E-state index in [1.165, 1.54) is 40.3 Å². The molecule has 5 nitrogen and oxygen atoms in total. The Kier molecular flexibility index (Phi) is 4.78. The number of hydrogen-bond acceptors (Lipinski definition) is 5. The molecule has 2 aromatic heterocycles. The van der Waals surface area contributed by atoms with Gasteiger partial charge in [0, 0.05) is 31.6 Å². The lowest BCUT2D eigenvalue weighted by Crippen LogP contribution is -2.34. The molecule has 0 unspecified atom stereocenters. The fraction of sp³-hybridized carbons (Fsp3) is 0.417. The standard InChI is InChI=1S/C24H27N5S/c1-3-7-21-19(5-1)27-24(17-9-12-25-15-17)29(21)18-10-13-28(14-11-18)16-23-26-20-6-2-4-8-22(20)30-23/h1-8,17-18,25H,9-16H2/t17-/m1/s1. The van der Waals surface area contributed by atoms with Gasteiger partial charge in [0.05, 0.1) is 27.8 Å². The molecule has 2 aliphatic rings. The third-order valence-electron chi connectivity index (χ3n) is 6.67. The van der Waals surface area contributed by atoms with E-state index in [9.17, 15) is 0 Å². The summed E-state index contributed by atoms with van der Waals surface area (Å²) in [5, 5.41) is 4.76. The molecule has 30 heavy (non-hydrogen) atoms. The van der Waals surface area contributed by atoms with Crippen LogP contribution in [0.1, 0.15) is 42.1 Å². The molecule has 4 aromatic rings. The number of rotatable bonds is 4. The molecule has 2 saturated heterocycles. The first-order valence-electron chi connectivity index (χ1n) is 11.1. The van der Waals surface area contributed by atoms with Crippen LogP contribution in [0.3, 0.4) is 0 Å². The van der Waals surface area contributed by atoms with Crippen LogP contribution in [0.15, 0.2) is 48.5 Å². The number of imidazole rings is 1. The first-order chi connectivity index (χ1) is 14.8. The van der Waals surface area contributed by atoms with Crippen LogP contribution >= 0.6 is 11.3 Å². The van der Waals surface area contributed by atoms with Gasteiger partial charge >= 0.3 is 0 Å². The largest absolute Gasteiger partial charge is 0.324 e. The third kappa shape index (κ3) is 3.33.